The number of hydrogen-bond acceptors (Lipinski definition) is 2. The van der Waals surface area contributed by atoms with Crippen LogP contribution in [0.2, 0.25) is 0 Å². The summed E-state index contributed by atoms with van der Waals surface area (Å²) in [5.41, 5.74) is 3.71. The van der Waals surface area contributed by atoms with Crippen molar-refractivity contribution in [1.82, 2.24) is 14.7 Å². The molecule has 1 heterocycles. The van der Waals surface area contributed by atoms with Crippen molar-refractivity contribution in [3.05, 3.63) is 51.8 Å². The number of alkyl halides is 1. The van der Waals surface area contributed by atoms with E-state index in [0.29, 0.717) is 0 Å². The minimum atomic E-state index is 0.893. The Balaban J connectivity index is 2.14. The maximum Gasteiger partial charge on any atom is 0.0767 e. The molecule has 0 amide bonds. The minimum absolute atomic E-state index is 0.893. The third kappa shape index (κ3) is 4.41. The van der Waals surface area contributed by atoms with Crippen LogP contribution in [0, 0.1) is 0 Å². The van der Waals surface area contributed by atoms with Crippen molar-refractivity contribution in [1.29, 1.82) is 0 Å². The molecule has 2 rings (SSSR count). The highest BCUT2D eigenvalue weighted by atomic mass is 79.9. The van der Waals surface area contributed by atoms with Crippen LogP contribution in [0.3, 0.4) is 0 Å². The van der Waals surface area contributed by atoms with Gasteiger partial charge in [-0.3, -0.25) is 9.58 Å². The largest absolute Gasteiger partial charge is 0.292 e. The van der Waals surface area contributed by atoms with Crippen LogP contribution in [-0.2, 0) is 26.6 Å². The highest BCUT2D eigenvalue weighted by Gasteiger charge is 2.16. The lowest BCUT2D eigenvalue weighted by Crippen LogP contribution is -2.26. The van der Waals surface area contributed by atoms with Crippen molar-refractivity contribution in [2.45, 2.75) is 26.4 Å². The monoisotopic (exact) mass is 413 g/mol. The van der Waals surface area contributed by atoms with Crippen LogP contribution in [0.25, 0.3) is 0 Å². The van der Waals surface area contributed by atoms with Crippen molar-refractivity contribution in [2.24, 2.45) is 7.05 Å². The number of rotatable bonds is 7. The molecule has 2 aromatic rings. The van der Waals surface area contributed by atoms with E-state index in [1.54, 1.807) is 0 Å². The number of benzene rings is 1. The van der Waals surface area contributed by atoms with Gasteiger partial charge in [0, 0.05) is 32.0 Å². The molecular formula is C16H21Br2N3. The van der Waals surface area contributed by atoms with E-state index in [2.05, 4.69) is 79.1 Å². The minimum Gasteiger partial charge on any atom is -0.292 e. The van der Waals surface area contributed by atoms with Gasteiger partial charge in [-0.25, -0.2) is 0 Å². The Labute approximate surface area is 143 Å². The predicted octanol–water partition coefficient (Wildman–Crippen LogP) is 4.14. The van der Waals surface area contributed by atoms with Gasteiger partial charge in [0.25, 0.3) is 0 Å². The number of hydrogen-bond donors (Lipinski definition) is 0. The van der Waals surface area contributed by atoms with E-state index in [9.17, 15) is 0 Å². The second-order valence-corrected chi connectivity index (χ2v) is 6.66. The summed E-state index contributed by atoms with van der Waals surface area (Å²) in [6.07, 6.45) is 0.950. The Morgan fingerprint density at radius 2 is 1.90 bits per heavy atom. The van der Waals surface area contributed by atoms with Gasteiger partial charge in [0.15, 0.2) is 0 Å². The number of halogens is 2. The van der Waals surface area contributed by atoms with Crippen molar-refractivity contribution < 1.29 is 0 Å². The summed E-state index contributed by atoms with van der Waals surface area (Å²) in [6, 6.07) is 10.6. The number of aryl methyl sites for hydroxylation is 2. The van der Waals surface area contributed by atoms with E-state index < -0.39 is 0 Å². The highest BCUT2D eigenvalue weighted by molar-refractivity contribution is 9.10. The molecular weight excluding hydrogens is 394 g/mol. The van der Waals surface area contributed by atoms with Crippen molar-refractivity contribution in [3.8, 4) is 0 Å². The lowest BCUT2D eigenvalue weighted by molar-refractivity contribution is 0.266. The molecule has 1 aromatic heterocycles. The summed E-state index contributed by atoms with van der Waals surface area (Å²) in [4.78, 5) is 2.44. The molecule has 0 saturated heterocycles. The molecule has 0 aliphatic rings. The number of aromatic nitrogens is 2. The lowest BCUT2D eigenvalue weighted by atomic mass is 10.2. The van der Waals surface area contributed by atoms with E-state index in [-0.39, 0.29) is 0 Å². The van der Waals surface area contributed by atoms with Crippen LogP contribution in [0.1, 0.15) is 23.9 Å². The average molecular weight is 415 g/mol. The standard InChI is InChI=1S/C16H21Br2N3/c1-3-14-16(18)15(20(2)19-14)12-21(10-9-17)11-13-7-5-4-6-8-13/h4-8H,3,9-12H2,1-2H3. The molecule has 3 nitrogen and oxygen atoms in total. The lowest BCUT2D eigenvalue weighted by Gasteiger charge is -2.21. The molecule has 114 valence electrons. The summed E-state index contributed by atoms with van der Waals surface area (Å²) in [7, 11) is 2.02. The average Bonchev–Trinajstić information content (AvgIpc) is 2.76. The zero-order chi connectivity index (χ0) is 15.2. The molecule has 5 heteroatoms. The maximum absolute atomic E-state index is 4.58. The van der Waals surface area contributed by atoms with Crippen LogP contribution in [0.4, 0.5) is 0 Å². The summed E-state index contributed by atoms with van der Waals surface area (Å²) in [6.45, 7) is 4.99. The summed E-state index contributed by atoms with van der Waals surface area (Å²) >= 11 is 7.26. The van der Waals surface area contributed by atoms with Crippen LogP contribution < -0.4 is 0 Å². The first-order valence-electron chi connectivity index (χ1n) is 7.18. The molecule has 0 radical (unpaired) electrons. The van der Waals surface area contributed by atoms with Gasteiger partial charge < -0.3 is 0 Å². The topological polar surface area (TPSA) is 21.1 Å². The van der Waals surface area contributed by atoms with E-state index >= 15 is 0 Å². The molecule has 1 aromatic carbocycles. The van der Waals surface area contributed by atoms with Crippen molar-refractivity contribution in [2.75, 3.05) is 11.9 Å². The smallest absolute Gasteiger partial charge is 0.0767 e. The van der Waals surface area contributed by atoms with Gasteiger partial charge >= 0.3 is 0 Å². The van der Waals surface area contributed by atoms with Crippen LogP contribution in [0.5, 0.6) is 0 Å². The van der Waals surface area contributed by atoms with Crippen LogP contribution in [0.15, 0.2) is 34.8 Å². The first kappa shape index (κ1) is 16.7. The molecule has 0 N–H and O–H groups in total. The summed E-state index contributed by atoms with van der Waals surface area (Å²) in [5, 5.41) is 5.55. The second-order valence-electron chi connectivity index (χ2n) is 5.07. The Morgan fingerprint density at radius 1 is 1.19 bits per heavy atom. The van der Waals surface area contributed by atoms with Gasteiger partial charge in [-0.05, 0) is 27.9 Å². The first-order chi connectivity index (χ1) is 10.2. The van der Waals surface area contributed by atoms with Gasteiger partial charge in [0.1, 0.15) is 0 Å². The molecule has 0 aliphatic heterocycles. The highest BCUT2D eigenvalue weighted by Crippen LogP contribution is 2.23. The second kappa shape index (κ2) is 8.11. The quantitative estimate of drug-likeness (QED) is 0.634. The third-order valence-corrected chi connectivity index (χ3v) is 4.80. The zero-order valence-electron chi connectivity index (χ0n) is 12.5. The molecule has 0 saturated carbocycles. The van der Waals surface area contributed by atoms with Crippen molar-refractivity contribution in [3.63, 3.8) is 0 Å². The van der Waals surface area contributed by atoms with Gasteiger partial charge in [-0.1, -0.05) is 53.2 Å². The normalized spacial score (nSPS) is 11.3. The van der Waals surface area contributed by atoms with E-state index in [0.717, 1.165) is 41.6 Å². The molecule has 0 bridgehead atoms. The fourth-order valence-electron chi connectivity index (χ4n) is 2.38. The van der Waals surface area contributed by atoms with Gasteiger partial charge in [0.05, 0.1) is 15.9 Å². The van der Waals surface area contributed by atoms with Crippen molar-refractivity contribution >= 4 is 31.9 Å². The van der Waals surface area contributed by atoms with Gasteiger partial charge in [0.2, 0.25) is 0 Å². The summed E-state index contributed by atoms with van der Waals surface area (Å²) < 4.78 is 3.15. The third-order valence-electron chi connectivity index (χ3n) is 3.53. The molecule has 0 unspecified atom stereocenters. The zero-order valence-corrected chi connectivity index (χ0v) is 15.7. The molecule has 0 fully saturated rings. The van der Waals surface area contributed by atoms with Crippen LogP contribution >= 0.6 is 31.9 Å². The van der Waals surface area contributed by atoms with E-state index in [1.807, 2.05) is 11.7 Å². The SMILES string of the molecule is CCc1nn(C)c(CN(CCBr)Cc2ccccc2)c1Br. The number of nitrogens with zero attached hydrogens (tertiary/aromatic N) is 3. The Hall–Kier alpha value is -0.650. The molecule has 0 aliphatic carbocycles. The Kier molecular flexibility index (Phi) is 6.45. The van der Waals surface area contributed by atoms with E-state index in [1.165, 1.54) is 11.3 Å². The molecule has 21 heavy (non-hydrogen) atoms. The fraction of sp³-hybridized carbons (Fsp3) is 0.438. The van der Waals surface area contributed by atoms with Gasteiger partial charge in [-0.15, -0.1) is 0 Å². The molecule has 0 spiro atoms. The summed E-state index contributed by atoms with van der Waals surface area (Å²) in [5.74, 6) is 0. The maximum atomic E-state index is 4.58. The predicted molar refractivity (Wildman–Crippen MR) is 94.6 cm³/mol. The van der Waals surface area contributed by atoms with E-state index in [4.69, 9.17) is 0 Å². The Morgan fingerprint density at radius 3 is 2.48 bits per heavy atom. The van der Waals surface area contributed by atoms with Crippen LogP contribution in [-0.4, -0.2) is 26.6 Å². The molecule has 0 atom stereocenters. The Bertz CT molecular complexity index is 566. The van der Waals surface area contributed by atoms with Gasteiger partial charge in [-0.2, -0.15) is 5.10 Å². The first-order valence-corrected chi connectivity index (χ1v) is 9.09. The fourth-order valence-corrected chi connectivity index (χ4v) is 3.62.